The van der Waals surface area contributed by atoms with Crippen LogP contribution in [0.4, 0.5) is 10.5 Å². The van der Waals surface area contributed by atoms with E-state index in [1.165, 1.54) is 11.1 Å². The molecule has 0 bridgehead atoms. The molecule has 1 N–H and O–H groups in total. The van der Waals surface area contributed by atoms with Gasteiger partial charge < -0.3 is 19.5 Å². The van der Waals surface area contributed by atoms with Crippen molar-refractivity contribution in [3.8, 4) is 0 Å². The second kappa shape index (κ2) is 9.60. The van der Waals surface area contributed by atoms with Gasteiger partial charge in [-0.1, -0.05) is 24.3 Å². The first-order valence-corrected chi connectivity index (χ1v) is 13.1. The topological polar surface area (TPSA) is 76.5 Å². The number of pyridine rings is 2. The zero-order chi connectivity index (χ0) is 25.4. The van der Waals surface area contributed by atoms with Crippen LogP contribution in [0.3, 0.4) is 0 Å². The monoisotopic (exact) mass is 488 g/mol. The van der Waals surface area contributed by atoms with Gasteiger partial charge in [0.25, 0.3) is 0 Å². The Morgan fingerprint density at radius 1 is 1.11 bits per heavy atom. The standard InChI is InChI=1S/C29H36N4O3/c1-5-33-25(19-10-12-32(13-11-19)28(35)36-29(2,3)4)17-26(34)24-16-23(18-30-27(24)33)31-22-14-20-8-6-7-9-21(20)15-22/h6-9,16-19,22,31H,5,10-15H2,1-4H3. The van der Waals surface area contributed by atoms with Crippen molar-refractivity contribution in [3.63, 3.8) is 0 Å². The van der Waals surface area contributed by atoms with Gasteiger partial charge in [-0.3, -0.25) is 4.79 Å². The van der Waals surface area contributed by atoms with Crippen LogP contribution < -0.4 is 10.7 Å². The summed E-state index contributed by atoms with van der Waals surface area (Å²) in [6.07, 6.45) is 5.14. The summed E-state index contributed by atoms with van der Waals surface area (Å²) >= 11 is 0. The third-order valence-corrected chi connectivity index (χ3v) is 7.28. The van der Waals surface area contributed by atoms with E-state index in [0.717, 1.165) is 49.3 Å². The van der Waals surface area contributed by atoms with E-state index < -0.39 is 5.60 Å². The van der Waals surface area contributed by atoms with Crippen LogP contribution in [0.15, 0.2) is 47.4 Å². The number of nitrogens with one attached hydrogen (secondary N) is 1. The summed E-state index contributed by atoms with van der Waals surface area (Å²) in [6.45, 7) is 9.71. The summed E-state index contributed by atoms with van der Waals surface area (Å²) in [5, 5.41) is 4.24. The van der Waals surface area contributed by atoms with Crippen molar-refractivity contribution >= 4 is 22.8 Å². The minimum absolute atomic E-state index is 0.00475. The number of amides is 1. The number of aryl methyl sites for hydroxylation is 1. The summed E-state index contributed by atoms with van der Waals surface area (Å²) in [7, 11) is 0. The molecule has 2 aromatic heterocycles. The van der Waals surface area contributed by atoms with Gasteiger partial charge in [0.1, 0.15) is 11.2 Å². The summed E-state index contributed by atoms with van der Waals surface area (Å²) in [5.74, 6) is 0.206. The fourth-order valence-corrected chi connectivity index (χ4v) is 5.60. The molecule has 0 spiro atoms. The molecule has 36 heavy (non-hydrogen) atoms. The highest BCUT2D eigenvalue weighted by atomic mass is 16.6. The fraction of sp³-hybridized carbons (Fsp3) is 0.483. The van der Waals surface area contributed by atoms with Gasteiger partial charge >= 0.3 is 6.09 Å². The number of rotatable bonds is 4. The highest BCUT2D eigenvalue weighted by Gasteiger charge is 2.29. The Kier molecular flexibility index (Phi) is 6.49. The van der Waals surface area contributed by atoms with Crippen LogP contribution >= 0.6 is 0 Å². The van der Waals surface area contributed by atoms with Gasteiger partial charge in [-0.05, 0) is 70.6 Å². The lowest BCUT2D eigenvalue weighted by molar-refractivity contribution is 0.0203. The number of fused-ring (bicyclic) bond motifs is 2. The number of ether oxygens (including phenoxy) is 1. The molecule has 5 rings (SSSR count). The van der Waals surface area contributed by atoms with Crippen molar-refractivity contribution in [2.75, 3.05) is 18.4 Å². The lowest BCUT2D eigenvalue weighted by Crippen LogP contribution is -2.41. The number of hydrogen-bond donors (Lipinski definition) is 1. The van der Waals surface area contributed by atoms with Crippen LogP contribution in [0.25, 0.3) is 11.0 Å². The fourth-order valence-electron chi connectivity index (χ4n) is 5.60. The zero-order valence-electron chi connectivity index (χ0n) is 21.7. The van der Waals surface area contributed by atoms with Crippen molar-refractivity contribution in [2.45, 2.75) is 77.5 Å². The highest BCUT2D eigenvalue weighted by Crippen LogP contribution is 2.31. The molecule has 3 aromatic rings. The van der Waals surface area contributed by atoms with Crippen LogP contribution in [0, 0.1) is 0 Å². The van der Waals surface area contributed by atoms with E-state index in [9.17, 15) is 9.59 Å². The van der Waals surface area contributed by atoms with Crippen molar-refractivity contribution in [3.05, 3.63) is 69.6 Å². The molecule has 0 atom stereocenters. The summed E-state index contributed by atoms with van der Waals surface area (Å²) in [4.78, 5) is 32.2. The van der Waals surface area contributed by atoms with E-state index in [1.54, 1.807) is 11.0 Å². The minimum Gasteiger partial charge on any atom is -0.444 e. The van der Waals surface area contributed by atoms with Crippen LogP contribution in [0.2, 0.25) is 0 Å². The number of piperidine rings is 1. The van der Waals surface area contributed by atoms with Crippen LogP contribution in [-0.4, -0.2) is 45.3 Å². The third-order valence-electron chi connectivity index (χ3n) is 7.28. The van der Waals surface area contributed by atoms with Crippen LogP contribution in [0.1, 0.15) is 63.3 Å². The van der Waals surface area contributed by atoms with E-state index in [0.29, 0.717) is 24.5 Å². The number of anilines is 1. The minimum atomic E-state index is -0.504. The second-order valence-corrected chi connectivity index (χ2v) is 11.0. The predicted molar refractivity (Wildman–Crippen MR) is 143 cm³/mol. The zero-order valence-corrected chi connectivity index (χ0v) is 21.7. The number of carbonyl (C=O) groups is 1. The number of benzene rings is 1. The van der Waals surface area contributed by atoms with E-state index in [-0.39, 0.29) is 17.4 Å². The molecule has 7 nitrogen and oxygen atoms in total. The Morgan fingerprint density at radius 2 is 1.78 bits per heavy atom. The van der Waals surface area contributed by atoms with Crippen molar-refractivity contribution < 1.29 is 9.53 Å². The molecule has 7 heteroatoms. The van der Waals surface area contributed by atoms with E-state index in [1.807, 2.05) is 33.0 Å². The number of hydrogen-bond acceptors (Lipinski definition) is 5. The van der Waals surface area contributed by atoms with E-state index in [2.05, 4.69) is 41.1 Å². The van der Waals surface area contributed by atoms with Crippen LogP contribution in [0.5, 0.6) is 0 Å². The highest BCUT2D eigenvalue weighted by molar-refractivity contribution is 5.79. The molecule has 1 saturated heterocycles. The molecule has 1 aliphatic carbocycles. The quantitative estimate of drug-likeness (QED) is 0.552. The Hall–Kier alpha value is -3.35. The predicted octanol–water partition coefficient (Wildman–Crippen LogP) is 5.11. The molecule has 1 fully saturated rings. The Bertz CT molecular complexity index is 1310. The molecular weight excluding hydrogens is 452 g/mol. The van der Waals surface area contributed by atoms with Crippen molar-refractivity contribution in [1.29, 1.82) is 0 Å². The number of likely N-dealkylation sites (tertiary alicyclic amines) is 1. The molecule has 0 radical (unpaired) electrons. The normalized spacial score (nSPS) is 16.8. The van der Waals surface area contributed by atoms with Gasteiger partial charge in [0.2, 0.25) is 0 Å². The SMILES string of the molecule is CCn1c(C2CCN(C(=O)OC(C)(C)C)CC2)cc(=O)c2cc(NC3Cc4ccccc4C3)cnc21. The molecule has 1 aromatic carbocycles. The third kappa shape index (κ3) is 4.97. The van der Waals surface area contributed by atoms with Gasteiger partial charge in [-0.2, -0.15) is 0 Å². The van der Waals surface area contributed by atoms with Gasteiger partial charge in [-0.25, -0.2) is 9.78 Å². The van der Waals surface area contributed by atoms with Crippen molar-refractivity contribution in [1.82, 2.24) is 14.5 Å². The second-order valence-electron chi connectivity index (χ2n) is 11.0. The average Bonchev–Trinajstić information content (AvgIpc) is 3.25. The molecule has 0 unspecified atom stereocenters. The van der Waals surface area contributed by atoms with Crippen molar-refractivity contribution in [2.24, 2.45) is 0 Å². The molecule has 3 heterocycles. The largest absolute Gasteiger partial charge is 0.444 e. The molecule has 1 amide bonds. The number of nitrogens with zero attached hydrogens (tertiary/aromatic N) is 3. The van der Waals surface area contributed by atoms with Gasteiger partial charge in [0, 0.05) is 43.4 Å². The molecule has 0 saturated carbocycles. The molecular formula is C29H36N4O3. The maximum atomic E-state index is 13.2. The first-order chi connectivity index (χ1) is 17.2. The van der Waals surface area contributed by atoms with Gasteiger partial charge in [0.05, 0.1) is 17.3 Å². The Morgan fingerprint density at radius 3 is 2.39 bits per heavy atom. The summed E-state index contributed by atoms with van der Waals surface area (Å²) < 4.78 is 7.70. The number of aromatic nitrogens is 2. The smallest absolute Gasteiger partial charge is 0.410 e. The van der Waals surface area contributed by atoms with E-state index in [4.69, 9.17) is 9.72 Å². The number of carbonyl (C=O) groups excluding carboxylic acids is 1. The molecule has 1 aliphatic heterocycles. The lowest BCUT2D eigenvalue weighted by Gasteiger charge is -2.34. The average molecular weight is 489 g/mol. The molecule has 190 valence electrons. The maximum Gasteiger partial charge on any atom is 0.410 e. The summed E-state index contributed by atoms with van der Waals surface area (Å²) in [6, 6.07) is 12.6. The first kappa shape index (κ1) is 24.3. The molecule has 2 aliphatic rings. The summed E-state index contributed by atoms with van der Waals surface area (Å²) in [5.41, 5.74) is 4.91. The van der Waals surface area contributed by atoms with Gasteiger partial charge in [0.15, 0.2) is 5.43 Å². The first-order valence-electron chi connectivity index (χ1n) is 13.1. The maximum absolute atomic E-state index is 13.2. The lowest BCUT2D eigenvalue weighted by atomic mass is 9.92. The van der Waals surface area contributed by atoms with E-state index >= 15 is 0 Å². The Balaban J connectivity index is 1.34. The van der Waals surface area contributed by atoms with Gasteiger partial charge in [-0.15, -0.1) is 0 Å². The van der Waals surface area contributed by atoms with Crippen LogP contribution in [-0.2, 0) is 24.1 Å². The Labute approximate surface area is 212 Å².